The Morgan fingerprint density at radius 2 is 1.74 bits per heavy atom. The molecule has 9 nitrogen and oxygen atoms in total. The first-order valence-electron chi connectivity index (χ1n) is 12.0. The van der Waals surface area contributed by atoms with Crippen molar-refractivity contribution in [3.8, 4) is 6.07 Å². The van der Waals surface area contributed by atoms with E-state index >= 15 is 0 Å². The maximum absolute atomic E-state index is 13.7. The van der Waals surface area contributed by atoms with Crippen molar-refractivity contribution in [1.82, 2.24) is 14.1 Å². The molecule has 0 spiro atoms. The van der Waals surface area contributed by atoms with Gasteiger partial charge in [-0.15, -0.1) is 0 Å². The number of aromatic nitrogens is 2. The number of benzene rings is 1. The lowest BCUT2D eigenvalue weighted by molar-refractivity contribution is 0.102. The van der Waals surface area contributed by atoms with Crippen LogP contribution in [0.1, 0.15) is 61.0 Å². The summed E-state index contributed by atoms with van der Waals surface area (Å²) < 4.78 is 30.5. The Bertz CT molecular complexity index is 1170. The van der Waals surface area contributed by atoms with Crippen molar-refractivity contribution < 1.29 is 13.2 Å². The summed E-state index contributed by atoms with van der Waals surface area (Å²) in [4.78, 5) is 15.5. The first kappa shape index (κ1) is 24.2. The predicted molar refractivity (Wildman–Crippen MR) is 130 cm³/mol. The standard InChI is InChI=1S/C24H32N6O3S/c1-19-17-23(30(27-19)16-8-11-25)26-24(31)20-9-10-21(28-12-4-2-5-13-28)22(18-20)34(32,33)29-14-6-3-7-15-29/h9-10,17-18H,2-8,12-16H2,1H3,(H,26,31). The number of aryl methyl sites for hydroxylation is 2. The Balaban J connectivity index is 1.67. The second-order valence-corrected chi connectivity index (χ2v) is 10.9. The topological polar surface area (TPSA) is 111 Å². The van der Waals surface area contributed by atoms with Gasteiger partial charge in [-0.3, -0.25) is 4.79 Å². The Labute approximate surface area is 201 Å². The normalized spacial score (nSPS) is 17.4. The Kier molecular flexibility index (Phi) is 7.54. The van der Waals surface area contributed by atoms with E-state index < -0.39 is 15.9 Å². The summed E-state index contributed by atoms with van der Waals surface area (Å²) >= 11 is 0. The molecule has 1 aromatic carbocycles. The minimum absolute atomic E-state index is 0.207. The van der Waals surface area contributed by atoms with Gasteiger partial charge in [0.2, 0.25) is 10.0 Å². The van der Waals surface area contributed by atoms with Gasteiger partial charge in [0.1, 0.15) is 10.7 Å². The molecule has 2 aliphatic heterocycles. The highest BCUT2D eigenvalue weighted by Crippen LogP contribution is 2.32. The van der Waals surface area contributed by atoms with E-state index in [2.05, 4.69) is 21.4 Å². The van der Waals surface area contributed by atoms with Crippen LogP contribution in [0.25, 0.3) is 0 Å². The van der Waals surface area contributed by atoms with Gasteiger partial charge in [-0.05, 0) is 57.2 Å². The summed E-state index contributed by atoms with van der Waals surface area (Å²) in [5.41, 5.74) is 1.68. The maximum atomic E-state index is 13.7. The van der Waals surface area contributed by atoms with Crippen molar-refractivity contribution >= 4 is 27.4 Å². The van der Waals surface area contributed by atoms with Crippen molar-refractivity contribution in [3.05, 3.63) is 35.5 Å². The molecule has 1 N–H and O–H groups in total. The zero-order valence-electron chi connectivity index (χ0n) is 19.7. The van der Waals surface area contributed by atoms with E-state index in [0.29, 0.717) is 31.1 Å². The van der Waals surface area contributed by atoms with E-state index in [0.717, 1.165) is 57.3 Å². The molecule has 2 aliphatic rings. The van der Waals surface area contributed by atoms with Crippen LogP contribution >= 0.6 is 0 Å². The monoisotopic (exact) mass is 484 g/mol. The molecule has 1 aromatic heterocycles. The number of hydrogen-bond donors (Lipinski definition) is 1. The van der Waals surface area contributed by atoms with Gasteiger partial charge in [0, 0.05) is 37.8 Å². The number of nitriles is 1. The van der Waals surface area contributed by atoms with Gasteiger partial charge in [-0.1, -0.05) is 6.42 Å². The fourth-order valence-corrected chi connectivity index (χ4v) is 6.42. The third-order valence-corrected chi connectivity index (χ3v) is 8.36. The van der Waals surface area contributed by atoms with Crippen LogP contribution in [-0.4, -0.2) is 54.6 Å². The molecule has 10 heteroatoms. The number of carbonyl (C=O) groups excluding carboxylic acids is 1. The number of nitrogens with one attached hydrogen (secondary N) is 1. The number of anilines is 2. The summed E-state index contributed by atoms with van der Waals surface area (Å²) in [6.45, 7) is 4.82. The Hall–Kier alpha value is -2.90. The van der Waals surface area contributed by atoms with Crippen molar-refractivity contribution in [2.45, 2.75) is 63.3 Å². The van der Waals surface area contributed by atoms with Crippen LogP contribution in [0.5, 0.6) is 0 Å². The lowest BCUT2D eigenvalue weighted by atomic mass is 10.1. The number of piperidine rings is 2. The second-order valence-electron chi connectivity index (χ2n) is 8.95. The van der Waals surface area contributed by atoms with Crippen molar-refractivity contribution in [2.75, 3.05) is 36.4 Å². The molecule has 2 fully saturated rings. The first-order chi connectivity index (χ1) is 16.4. The van der Waals surface area contributed by atoms with Gasteiger partial charge in [0.15, 0.2) is 0 Å². The van der Waals surface area contributed by atoms with Crippen molar-refractivity contribution in [1.29, 1.82) is 5.26 Å². The van der Waals surface area contributed by atoms with Crippen LogP contribution in [0, 0.1) is 18.3 Å². The Morgan fingerprint density at radius 3 is 2.41 bits per heavy atom. The van der Waals surface area contributed by atoms with Crippen LogP contribution in [0.3, 0.4) is 0 Å². The molecular formula is C24H32N6O3S. The van der Waals surface area contributed by atoms with E-state index in [-0.39, 0.29) is 16.9 Å². The van der Waals surface area contributed by atoms with Crippen LogP contribution in [0.2, 0.25) is 0 Å². The van der Waals surface area contributed by atoms with Crippen LogP contribution < -0.4 is 10.2 Å². The Morgan fingerprint density at radius 1 is 1.06 bits per heavy atom. The van der Waals surface area contributed by atoms with Gasteiger partial charge in [-0.2, -0.15) is 14.7 Å². The average Bonchev–Trinajstić information content (AvgIpc) is 3.21. The highest BCUT2D eigenvalue weighted by atomic mass is 32.2. The predicted octanol–water partition coefficient (Wildman–Crippen LogP) is 3.52. The zero-order chi connectivity index (χ0) is 24.1. The molecule has 3 heterocycles. The molecule has 182 valence electrons. The third-order valence-electron chi connectivity index (χ3n) is 6.43. The van der Waals surface area contributed by atoms with Gasteiger partial charge in [-0.25, -0.2) is 13.1 Å². The van der Waals surface area contributed by atoms with E-state index in [9.17, 15) is 13.2 Å². The average molecular weight is 485 g/mol. The molecule has 0 saturated carbocycles. The molecule has 0 unspecified atom stereocenters. The zero-order valence-corrected chi connectivity index (χ0v) is 20.5. The molecule has 0 aliphatic carbocycles. The van der Waals surface area contributed by atoms with E-state index in [1.54, 1.807) is 27.2 Å². The van der Waals surface area contributed by atoms with Gasteiger partial charge >= 0.3 is 0 Å². The second kappa shape index (κ2) is 10.6. The van der Waals surface area contributed by atoms with E-state index in [4.69, 9.17) is 5.26 Å². The number of sulfonamides is 1. The smallest absolute Gasteiger partial charge is 0.256 e. The molecule has 34 heavy (non-hydrogen) atoms. The van der Waals surface area contributed by atoms with Gasteiger partial charge in [0.25, 0.3) is 5.91 Å². The van der Waals surface area contributed by atoms with E-state index in [1.807, 2.05) is 6.92 Å². The van der Waals surface area contributed by atoms with Crippen molar-refractivity contribution in [2.24, 2.45) is 0 Å². The fraction of sp³-hybridized carbons (Fsp3) is 0.542. The van der Waals surface area contributed by atoms with Crippen LogP contribution in [-0.2, 0) is 16.6 Å². The minimum atomic E-state index is -3.73. The van der Waals surface area contributed by atoms with Crippen LogP contribution in [0.4, 0.5) is 11.5 Å². The summed E-state index contributed by atoms with van der Waals surface area (Å²) in [7, 11) is -3.73. The molecule has 4 rings (SSSR count). The SMILES string of the molecule is Cc1cc(NC(=O)c2ccc(N3CCCCC3)c(S(=O)(=O)N3CCCCC3)c2)n(CCC#N)n1. The van der Waals surface area contributed by atoms with Crippen LogP contribution in [0.15, 0.2) is 29.2 Å². The highest BCUT2D eigenvalue weighted by Gasteiger charge is 2.31. The lowest BCUT2D eigenvalue weighted by Gasteiger charge is -2.33. The van der Waals surface area contributed by atoms with E-state index in [1.165, 1.54) is 6.07 Å². The molecule has 0 bridgehead atoms. The minimum Gasteiger partial charge on any atom is -0.370 e. The summed E-state index contributed by atoms with van der Waals surface area (Å²) in [5.74, 6) is 0.0803. The largest absolute Gasteiger partial charge is 0.370 e. The highest BCUT2D eigenvalue weighted by molar-refractivity contribution is 7.89. The number of rotatable bonds is 7. The summed E-state index contributed by atoms with van der Waals surface area (Å²) in [5, 5.41) is 16.1. The van der Waals surface area contributed by atoms with Gasteiger partial charge < -0.3 is 10.2 Å². The quantitative estimate of drug-likeness (QED) is 0.644. The third kappa shape index (κ3) is 5.26. The first-order valence-corrected chi connectivity index (χ1v) is 13.5. The maximum Gasteiger partial charge on any atom is 0.256 e. The lowest BCUT2D eigenvalue weighted by Crippen LogP contribution is -2.37. The molecule has 2 aromatic rings. The molecule has 1 amide bonds. The number of amides is 1. The molecule has 2 saturated heterocycles. The van der Waals surface area contributed by atoms with Crippen molar-refractivity contribution in [3.63, 3.8) is 0 Å². The molecular weight excluding hydrogens is 452 g/mol. The number of nitrogens with zero attached hydrogens (tertiary/aromatic N) is 5. The summed E-state index contributed by atoms with van der Waals surface area (Å²) in [6.07, 6.45) is 6.20. The number of hydrogen-bond acceptors (Lipinski definition) is 6. The summed E-state index contributed by atoms with van der Waals surface area (Å²) in [6, 6.07) is 8.80. The fourth-order valence-electron chi connectivity index (χ4n) is 4.66. The van der Waals surface area contributed by atoms with Gasteiger partial charge in [0.05, 0.1) is 30.4 Å². The molecule has 0 radical (unpaired) electrons. The molecule has 0 atom stereocenters. The number of carbonyl (C=O) groups is 1.